The van der Waals surface area contributed by atoms with Gasteiger partial charge in [0.25, 0.3) is 0 Å². The van der Waals surface area contributed by atoms with Crippen LogP contribution in [0.15, 0.2) is 54.0 Å². The first-order valence-electron chi connectivity index (χ1n) is 13.1. The van der Waals surface area contributed by atoms with Gasteiger partial charge >= 0.3 is 19.5 Å². The largest absolute Gasteiger partial charge is 0.438 e. The third-order valence-corrected chi connectivity index (χ3v) is 9.37. The van der Waals surface area contributed by atoms with Gasteiger partial charge in [-0.05, 0) is 99.8 Å². The predicted molar refractivity (Wildman–Crippen MR) is 169 cm³/mol. The van der Waals surface area contributed by atoms with Gasteiger partial charge in [0.15, 0.2) is 5.66 Å². The SMILES string of the molecule is CC(C)(C)C(=O)OCOP(=O)(OCOC(=O)C(C)(C)C)C(C(=O)NC=Cc1cccc(Cl)c1)c1csc2ccc(Cl)cc12. The van der Waals surface area contributed by atoms with Gasteiger partial charge in [0, 0.05) is 20.9 Å². The van der Waals surface area contributed by atoms with Gasteiger partial charge in [-0.25, -0.2) is 0 Å². The van der Waals surface area contributed by atoms with Crippen molar-refractivity contribution in [3.63, 3.8) is 0 Å². The lowest BCUT2D eigenvalue weighted by Crippen LogP contribution is -2.29. The molecule has 0 radical (unpaired) electrons. The van der Waals surface area contributed by atoms with Crippen LogP contribution in [0.2, 0.25) is 10.0 Å². The van der Waals surface area contributed by atoms with Crippen molar-refractivity contribution >= 4 is 76.1 Å². The number of hydrogen-bond acceptors (Lipinski definition) is 9. The Morgan fingerprint density at radius 1 is 0.907 bits per heavy atom. The van der Waals surface area contributed by atoms with Gasteiger partial charge < -0.3 is 14.8 Å². The highest BCUT2D eigenvalue weighted by Crippen LogP contribution is 2.62. The molecule has 0 saturated heterocycles. The highest BCUT2D eigenvalue weighted by Gasteiger charge is 2.45. The van der Waals surface area contributed by atoms with Gasteiger partial charge in [-0.15, -0.1) is 11.3 Å². The number of benzene rings is 2. The van der Waals surface area contributed by atoms with E-state index in [1.807, 2.05) is 0 Å². The fraction of sp³-hybridized carbons (Fsp3) is 0.367. The van der Waals surface area contributed by atoms with E-state index < -0.39 is 55.5 Å². The summed E-state index contributed by atoms with van der Waals surface area (Å²) in [4.78, 5) is 38.6. The highest BCUT2D eigenvalue weighted by molar-refractivity contribution is 7.55. The van der Waals surface area contributed by atoms with Crippen LogP contribution in [0.3, 0.4) is 0 Å². The van der Waals surface area contributed by atoms with Crippen molar-refractivity contribution in [2.24, 2.45) is 10.8 Å². The van der Waals surface area contributed by atoms with E-state index in [0.29, 0.717) is 26.6 Å². The number of carbonyl (C=O) groups excluding carboxylic acids is 3. The molecule has 1 aromatic heterocycles. The maximum atomic E-state index is 14.6. The Morgan fingerprint density at radius 2 is 1.49 bits per heavy atom. The van der Waals surface area contributed by atoms with Crippen LogP contribution in [0.25, 0.3) is 16.2 Å². The number of halogens is 2. The molecule has 232 valence electrons. The van der Waals surface area contributed by atoms with Crippen LogP contribution in [0.4, 0.5) is 0 Å². The molecule has 0 spiro atoms. The van der Waals surface area contributed by atoms with Gasteiger partial charge in [-0.1, -0.05) is 35.3 Å². The number of esters is 2. The molecule has 1 atom stereocenters. The Kier molecular flexibility index (Phi) is 11.6. The first-order valence-corrected chi connectivity index (χ1v) is 16.4. The molecule has 3 aromatic rings. The third-order valence-electron chi connectivity index (χ3n) is 5.84. The molecule has 0 fully saturated rings. The van der Waals surface area contributed by atoms with Crippen LogP contribution < -0.4 is 5.32 Å². The molecule has 0 saturated carbocycles. The van der Waals surface area contributed by atoms with Crippen molar-refractivity contribution in [3.05, 3.63) is 75.2 Å². The lowest BCUT2D eigenvalue weighted by atomic mass is 9.98. The summed E-state index contributed by atoms with van der Waals surface area (Å²) in [5.74, 6) is -2.02. The standard InChI is InChI=1S/C30H34Cl2NO8PS/c1-29(2,3)27(35)38-17-40-42(37,41-18-39-28(36)30(4,5)6)25(23-16-43-24-11-10-21(32)15-22(23)24)26(34)33-13-12-19-8-7-9-20(31)14-19/h7-16,25H,17-18H2,1-6H3,(H,33,34). The van der Waals surface area contributed by atoms with Gasteiger partial charge in [0.2, 0.25) is 19.5 Å². The minimum absolute atomic E-state index is 0.295. The second kappa shape index (κ2) is 14.4. The number of fused-ring (bicyclic) bond motifs is 1. The molecule has 1 heterocycles. The number of hydrogen-bond donors (Lipinski definition) is 1. The quantitative estimate of drug-likeness (QED) is 0.123. The lowest BCUT2D eigenvalue weighted by Gasteiger charge is -2.27. The maximum Gasteiger partial charge on any atom is 0.353 e. The summed E-state index contributed by atoms with van der Waals surface area (Å²) in [7, 11) is -4.59. The summed E-state index contributed by atoms with van der Waals surface area (Å²) in [5.41, 5.74) is -2.33. The van der Waals surface area contributed by atoms with E-state index in [0.717, 1.165) is 4.70 Å². The van der Waals surface area contributed by atoms with Crippen molar-refractivity contribution in [3.8, 4) is 0 Å². The van der Waals surface area contributed by atoms with E-state index in [1.54, 1.807) is 95.5 Å². The normalized spacial score (nSPS) is 13.2. The van der Waals surface area contributed by atoms with E-state index in [4.69, 9.17) is 41.7 Å². The van der Waals surface area contributed by atoms with Crippen LogP contribution in [0.5, 0.6) is 0 Å². The second-order valence-electron chi connectivity index (χ2n) is 11.5. The summed E-state index contributed by atoms with van der Waals surface area (Å²) < 4.78 is 36.9. The molecular weight excluding hydrogens is 636 g/mol. The second-order valence-corrected chi connectivity index (χ2v) is 15.4. The zero-order valence-corrected chi connectivity index (χ0v) is 27.9. The molecule has 1 amide bonds. The highest BCUT2D eigenvalue weighted by atomic mass is 35.5. The number of carbonyl (C=O) groups is 3. The van der Waals surface area contributed by atoms with Gasteiger partial charge in [-0.2, -0.15) is 0 Å². The first kappa shape index (κ1) is 34.8. The Hall–Kier alpha value is -2.72. The fourth-order valence-corrected chi connectivity index (χ4v) is 6.65. The van der Waals surface area contributed by atoms with Crippen LogP contribution >= 0.6 is 42.1 Å². The minimum Gasteiger partial charge on any atom is -0.438 e. The molecular formula is C30H34Cl2NO8PS. The van der Waals surface area contributed by atoms with Crippen molar-refractivity contribution in [2.45, 2.75) is 47.2 Å². The lowest BCUT2D eigenvalue weighted by molar-refractivity contribution is -0.162. The van der Waals surface area contributed by atoms with Gasteiger partial charge in [-0.3, -0.25) is 28.0 Å². The summed E-state index contributed by atoms with van der Waals surface area (Å²) in [6, 6.07) is 12.0. The number of nitrogens with one attached hydrogen (secondary N) is 1. The Morgan fingerprint density at radius 3 is 2.05 bits per heavy atom. The van der Waals surface area contributed by atoms with Gasteiger partial charge in [0.05, 0.1) is 10.8 Å². The van der Waals surface area contributed by atoms with E-state index in [1.165, 1.54) is 17.5 Å². The topological polar surface area (TPSA) is 117 Å². The van der Waals surface area contributed by atoms with Crippen molar-refractivity contribution < 1.29 is 37.5 Å². The molecule has 0 aliphatic rings. The van der Waals surface area contributed by atoms with Crippen LogP contribution in [0, 0.1) is 10.8 Å². The summed E-state index contributed by atoms with van der Waals surface area (Å²) in [6.07, 6.45) is 2.97. The Labute approximate surface area is 265 Å². The summed E-state index contributed by atoms with van der Waals surface area (Å²) in [6.45, 7) is 8.27. The first-order chi connectivity index (χ1) is 20.0. The predicted octanol–water partition coefficient (Wildman–Crippen LogP) is 8.36. The molecule has 43 heavy (non-hydrogen) atoms. The van der Waals surface area contributed by atoms with Crippen molar-refractivity contribution in [1.29, 1.82) is 0 Å². The molecule has 13 heteroatoms. The van der Waals surface area contributed by atoms with E-state index in [9.17, 15) is 18.9 Å². The molecule has 9 nitrogen and oxygen atoms in total. The Balaban J connectivity index is 2.02. The molecule has 1 N–H and O–H groups in total. The number of thiophene rings is 1. The zero-order chi connectivity index (χ0) is 32.0. The van der Waals surface area contributed by atoms with Crippen molar-refractivity contribution in [1.82, 2.24) is 5.32 Å². The minimum atomic E-state index is -4.59. The van der Waals surface area contributed by atoms with E-state index in [2.05, 4.69) is 5.32 Å². The van der Waals surface area contributed by atoms with E-state index >= 15 is 0 Å². The van der Waals surface area contributed by atoms with Crippen LogP contribution in [-0.4, -0.2) is 31.4 Å². The number of rotatable bonds is 11. The smallest absolute Gasteiger partial charge is 0.353 e. The average Bonchev–Trinajstić information content (AvgIpc) is 3.30. The van der Waals surface area contributed by atoms with E-state index in [-0.39, 0.29) is 0 Å². The monoisotopic (exact) mass is 669 g/mol. The average molecular weight is 671 g/mol. The fourth-order valence-electron chi connectivity index (χ4n) is 3.52. The third kappa shape index (κ3) is 9.63. The molecule has 2 aromatic carbocycles. The van der Waals surface area contributed by atoms with Crippen LogP contribution in [0.1, 0.15) is 58.3 Å². The number of amides is 1. The summed E-state index contributed by atoms with van der Waals surface area (Å²) >= 11 is 13.6. The maximum absolute atomic E-state index is 14.6. The molecule has 0 aliphatic carbocycles. The Bertz CT molecular complexity index is 1520. The van der Waals surface area contributed by atoms with Crippen molar-refractivity contribution in [2.75, 3.05) is 13.6 Å². The summed E-state index contributed by atoms with van der Waals surface area (Å²) in [5, 5.41) is 5.72. The molecule has 1 unspecified atom stereocenters. The number of ether oxygens (including phenoxy) is 2. The zero-order valence-electron chi connectivity index (χ0n) is 24.6. The van der Waals surface area contributed by atoms with Gasteiger partial charge in [0.1, 0.15) is 0 Å². The molecule has 0 aliphatic heterocycles. The van der Waals surface area contributed by atoms with Crippen LogP contribution in [-0.2, 0) is 37.5 Å². The molecule has 0 bridgehead atoms. The molecule has 3 rings (SSSR count).